The highest BCUT2D eigenvalue weighted by Crippen LogP contribution is 2.46. The third-order valence-electron chi connectivity index (χ3n) is 6.80. The fourth-order valence-electron chi connectivity index (χ4n) is 4.60. The van der Waals surface area contributed by atoms with Crippen LogP contribution in [-0.4, -0.2) is 23.8 Å². The first-order valence-electron chi connectivity index (χ1n) is 10.0. The van der Waals surface area contributed by atoms with E-state index in [0.717, 1.165) is 11.1 Å². The van der Waals surface area contributed by atoms with Crippen LogP contribution in [0.15, 0.2) is 53.5 Å². The predicted octanol–water partition coefficient (Wildman–Crippen LogP) is 3.79. The van der Waals surface area contributed by atoms with Crippen LogP contribution in [0.4, 0.5) is 0 Å². The number of nitriles is 1. The van der Waals surface area contributed by atoms with Gasteiger partial charge in [0.15, 0.2) is 5.96 Å². The van der Waals surface area contributed by atoms with Crippen molar-refractivity contribution >= 4 is 11.9 Å². The van der Waals surface area contributed by atoms with Gasteiger partial charge in [-0.3, -0.25) is 9.69 Å². The standard InChI is InChI=1S/C24H26N4O/c1-23(12-5-13-23)18-10-8-17(9-11-18)20-21(29)28(3)22(26)27-24(20,2)19-7-4-6-16(14-19)15-25/h4,6-11,14,20H,5,12-13H2,1-3H3,(H2,26,27)/t20-,24+/m0/s1. The van der Waals surface area contributed by atoms with Gasteiger partial charge in [0.2, 0.25) is 5.91 Å². The SMILES string of the molecule is CN1C(=O)[C@H](c2ccc(C3(C)CCC3)cc2)[C@@](C)(c2cccc(C#N)c2)N=C1N. The fourth-order valence-corrected chi connectivity index (χ4v) is 4.60. The van der Waals surface area contributed by atoms with Gasteiger partial charge in [-0.2, -0.15) is 5.26 Å². The van der Waals surface area contributed by atoms with Crippen LogP contribution >= 0.6 is 0 Å². The number of amides is 1. The van der Waals surface area contributed by atoms with E-state index in [9.17, 15) is 10.1 Å². The fraction of sp³-hybridized carbons (Fsp3) is 0.375. The molecule has 0 unspecified atom stereocenters. The lowest BCUT2D eigenvalue weighted by molar-refractivity contribution is -0.130. The number of rotatable bonds is 3. The first kappa shape index (κ1) is 19.2. The number of likely N-dealkylation sites (N-methyl/N-ethyl adjacent to an activating group) is 1. The van der Waals surface area contributed by atoms with E-state index in [4.69, 9.17) is 10.7 Å². The normalized spacial score (nSPS) is 25.7. The topological polar surface area (TPSA) is 82.5 Å². The Hall–Kier alpha value is -3.13. The lowest BCUT2D eigenvalue weighted by Crippen LogP contribution is -2.52. The number of carbonyl (C=O) groups excluding carboxylic acids is 1. The molecule has 5 nitrogen and oxygen atoms in total. The summed E-state index contributed by atoms with van der Waals surface area (Å²) >= 11 is 0. The van der Waals surface area contributed by atoms with Gasteiger partial charge >= 0.3 is 0 Å². The average Bonchev–Trinajstić information content (AvgIpc) is 2.71. The number of aliphatic imine (C=N–C) groups is 1. The van der Waals surface area contributed by atoms with Crippen molar-refractivity contribution in [3.05, 3.63) is 70.8 Å². The molecule has 5 heteroatoms. The summed E-state index contributed by atoms with van der Waals surface area (Å²) in [7, 11) is 1.66. The van der Waals surface area contributed by atoms with Gasteiger partial charge in [-0.15, -0.1) is 0 Å². The van der Waals surface area contributed by atoms with Crippen molar-refractivity contribution in [2.45, 2.75) is 50.0 Å². The molecule has 2 aromatic carbocycles. The first-order valence-corrected chi connectivity index (χ1v) is 10.0. The van der Waals surface area contributed by atoms with Crippen LogP contribution < -0.4 is 5.73 Å². The summed E-state index contributed by atoms with van der Waals surface area (Å²) in [5.41, 5.74) is 9.03. The van der Waals surface area contributed by atoms with Crippen molar-refractivity contribution in [3.8, 4) is 6.07 Å². The van der Waals surface area contributed by atoms with E-state index in [0.29, 0.717) is 5.56 Å². The molecule has 1 heterocycles. The summed E-state index contributed by atoms with van der Waals surface area (Å²) in [6.45, 7) is 4.22. The molecule has 0 radical (unpaired) electrons. The van der Waals surface area contributed by atoms with E-state index in [-0.39, 0.29) is 17.3 Å². The van der Waals surface area contributed by atoms with Crippen LogP contribution in [0.25, 0.3) is 0 Å². The van der Waals surface area contributed by atoms with Crippen molar-refractivity contribution in [3.63, 3.8) is 0 Å². The van der Waals surface area contributed by atoms with Crippen LogP contribution in [0, 0.1) is 11.3 Å². The number of carbonyl (C=O) groups is 1. The van der Waals surface area contributed by atoms with Crippen molar-refractivity contribution in [1.82, 2.24) is 4.90 Å². The molecule has 2 atom stereocenters. The molecular formula is C24H26N4O. The number of benzene rings is 2. The van der Waals surface area contributed by atoms with Gasteiger partial charge in [-0.1, -0.05) is 49.7 Å². The Balaban J connectivity index is 1.82. The molecule has 0 bridgehead atoms. The monoisotopic (exact) mass is 386 g/mol. The highest BCUT2D eigenvalue weighted by Gasteiger charge is 2.47. The number of hydrogen-bond donors (Lipinski definition) is 1. The zero-order valence-corrected chi connectivity index (χ0v) is 17.1. The van der Waals surface area contributed by atoms with E-state index in [1.54, 1.807) is 19.2 Å². The maximum atomic E-state index is 13.3. The van der Waals surface area contributed by atoms with Crippen molar-refractivity contribution in [1.29, 1.82) is 5.26 Å². The molecule has 1 fully saturated rings. The molecule has 29 heavy (non-hydrogen) atoms. The third-order valence-corrected chi connectivity index (χ3v) is 6.80. The minimum absolute atomic E-state index is 0.0926. The first-order chi connectivity index (χ1) is 13.8. The van der Waals surface area contributed by atoms with E-state index in [1.807, 2.05) is 19.1 Å². The molecule has 1 aliphatic heterocycles. The second kappa shape index (κ2) is 6.73. The highest BCUT2D eigenvalue weighted by atomic mass is 16.2. The second-order valence-corrected chi connectivity index (χ2v) is 8.68. The molecule has 0 saturated heterocycles. The molecule has 1 aliphatic carbocycles. The molecule has 2 N–H and O–H groups in total. The Bertz CT molecular complexity index is 1030. The van der Waals surface area contributed by atoms with Gasteiger partial charge in [0, 0.05) is 7.05 Å². The minimum Gasteiger partial charge on any atom is -0.369 e. The maximum Gasteiger partial charge on any atom is 0.239 e. The molecule has 1 amide bonds. The quantitative estimate of drug-likeness (QED) is 0.871. The summed E-state index contributed by atoms with van der Waals surface area (Å²) in [6.07, 6.45) is 3.68. The third kappa shape index (κ3) is 3.00. The van der Waals surface area contributed by atoms with Crippen molar-refractivity contribution in [2.24, 2.45) is 10.7 Å². The summed E-state index contributed by atoms with van der Waals surface area (Å²) in [4.78, 5) is 19.5. The van der Waals surface area contributed by atoms with E-state index in [1.165, 1.54) is 29.7 Å². The van der Waals surface area contributed by atoms with Crippen LogP contribution in [0.2, 0.25) is 0 Å². The van der Waals surface area contributed by atoms with Crippen LogP contribution in [0.5, 0.6) is 0 Å². The van der Waals surface area contributed by atoms with Gasteiger partial charge < -0.3 is 5.73 Å². The van der Waals surface area contributed by atoms with E-state index in [2.05, 4.69) is 37.3 Å². The Morgan fingerprint density at radius 3 is 2.41 bits per heavy atom. The number of hydrogen-bond acceptors (Lipinski definition) is 4. The molecule has 4 rings (SSSR count). The summed E-state index contributed by atoms with van der Waals surface area (Å²) in [6, 6.07) is 17.9. The Morgan fingerprint density at radius 1 is 1.14 bits per heavy atom. The van der Waals surface area contributed by atoms with Gasteiger partial charge in [0.05, 0.1) is 17.6 Å². The molecule has 2 aliphatic rings. The summed E-state index contributed by atoms with van der Waals surface area (Å²) in [5, 5.41) is 9.32. The van der Waals surface area contributed by atoms with Crippen LogP contribution in [0.1, 0.15) is 61.3 Å². The zero-order valence-electron chi connectivity index (χ0n) is 17.1. The smallest absolute Gasteiger partial charge is 0.239 e. The lowest BCUT2D eigenvalue weighted by atomic mass is 9.65. The van der Waals surface area contributed by atoms with Crippen molar-refractivity contribution in [2.75, 3.05) is 7.05 Å². The minimum atomic E-state index is -0.886. The average molecular weight is 386 g/mol. The largest absolute Gasteiger partial charge is 0.369 e. The molecular weight excluding hydrogens is 360 g/mol. The molecule has 148 valence electrons. The molecule has 0 spiro atoms. The second-order valence-electron chi connectivity index (χ2n) is 8.68. The Morgan fingerprint density at radius 2 is 1.83 bits per heavy atom. The van der Waals surface area contributed by atoms with E-state index < -0.39 is 11.5 Å². The molecule has 2 aromatic rings. The van der Waals surface area contributed by atoms with Gasteiger partial charge in [0.25, 0.3) is 0 Å². The number of nitrogens with zero attached hydrogens (tertiary/aromatic N) is 3. The zero-order chi connectivity index (χ0) is 20.8. The highest BCUT2D eigenvalue weighted by molar-refractivity contribution is 6.02. The van der Waals surface area contributed by atoms with Gasteiger partial charge in [-0.05, 0) is 54.0 Å². The number of guanidine groups is 1. The van der Waals surface area contributed by atoms with Crippen molar-refractivity contribution < 1.29 is 4.79 Å². The lowest BCUT2D eigenvalue weighted by Gasteiger charge is -2.42. The van der Waals surface area contributed by atoms with Crippen LogP contribution in [0.3, 0.4) is 0 Å². The number of nitrogens with two attached hydrogens (primary N) is 1. The summed E-state index contributed by atoms with van der Waals surface area (Å²) in [5.74, 6) is -0.420. The van der Waals surface area contributed by atoms with Crippen LogP contribution in [-0.2, 0) is 15.7 Å². The molecule has 0 aromatic heterocycles. The van der Waals surface area contributed by atoms with Gasteiger partial charge in [-0.25, -0.2) is 4.99 Å². The predicted molar refractivity (Wildman–Crippen MR) is 113 cm³/mol. The Kier molecular flexibility index (Phi) is 4.46. The Labute approximate surface area is 171 Å². The molecule has 1 saturated carbocycles. The van der Waals surface area contributed by atoms with E-state index >= 15 is 0 Å². The summed E-state index contributed by atoms with van der Waals surface area (Å²) < 4.78 is 0. The maximum absolute atomic E-state index is 13.3. The van der Waals surface area contributed by atoms with Gasteiger partial charge in [0.1, 0.15) is 5.54 Å².